The highest BCUT2D eigenvalue weighted by Gasteiger charge is 1.80. The maximum atomic E-state index is 9.70. The Kier molecular flexibility index (Phi) is 2.52. The van der Waals surface area contributed by atoms with Crippen LogP contribution in [0.25, 0.3) is 0 Å². The third-order valence-electron chi connectivity index (χ3n) is 0.404. The Morgan fingerprint density at radius 1 is 2.00 bits per heavy atom. The van der Waals surface area contributed by atoms with Crippen LogP contribution in [0.2, 0.25) is 0 Å². The molecule has 0 aliphatic rings. The Morgan fingerprint density at radius 2 is 2.50 bits per heavy atom. The molecule has 0 amide bonds. The summed E-state index contributed by atoms with van der Waals surface area (Å²) in [6.07, 6.45) is 0. The second kappa shape index (κ2) is 2.74. The molecule has 0 spiro atoms. The Balaban J connectivity index is 2.96. The van der Waals surface area contributed by atoms with Crippen LogP contribution in [-0.2, 0) is 0 Å². The molecular weight excluding hydrogens is 84.0 g/mol. The van der Waals surface area contributed by atoms with Gasteiger partial charge in [0.1, 0.15) is 6.54 Å². The highest BCUT2D eigenvalue weighted by Crippen LogP contribution is 1.37. The van der Waals surface area contributed by atoms with E-state index in [0.717, 1.165) is 0 Å². The molecule has 0 rings (SSSR count). The molecule has 0 aromatic carbocycles. The number of quaternary nitrogens is 1. The SMILES string of the molecule is CC[NH+]([O-])N=O. The van der Waals surface area contributed by atoms with Gasteiger partial charge in [0.25, 0.3) is 0 Å². The zero-order valence-corrected chi connectivity index (χ0v) is 3.47. The lowest BCUT2D eigenvalue weighted by atomic mass is 10.8. The molecule has 4 nitrogen and oxygen atoms in total. The molecule has 4 heteroatoms. The normalized spacial score (nSPS) is 13.7. The average molecular weight is 90.1 g/mol. The molecule has 1 N–H and O–H groups in total. The Morgan fingerprint density at radius 3 is 2.50 bits per heavy atom. The molecule has 0 saturated carbocycles. The van der Waals surface area contributed by atoms with Crippen LogP contribution < -0.4 is 5.17 Å². The highest BCUT2D eigenvalue weighted by atomic mass is 16.6. The number of rotatable bonds is 2. The maximum Gasteiger partial charge on any atom is 0.151 e. The summed E-state index contributed by atoms with van der Waals surface area (Å²) in [7, 11) is 0. The highest BCUT2D eigenvalue weighted by molar-refractivity contribution is 4.06. The van der Waals surface area contributed by atoms with E-state index in [-0.39, 0.29) is 6.54 Å². The quantitative estimate of drug-likeness (QED) is 0.352. The predicted octanol–water partition coefficient (Wildman–Crippen LogP) is -0.930. The predicted molar refractivity (Wildman–Crippen MR) is 20.7 cm³/mol. The van der Waals surface area contributed by atoms with Crippen LogP contribution in [0, 0.1) is 10.1 Å². The van der Waals surface area contributed by atoms with Gasteiger partial charge in [0.05, 0.1) is 0 Å². The minimum atomic E-state index is -0.588. The van der Waals surface area contributed by atoms with Crippen molar-refractivity contribution < 1.29 is 5.17 Å². The molecule has 1 unspecified atom stereocenters. The number of nitrogens with one attached hydrogen (secondary N) is 1. The van der Waals surface area contributed by atoms with E-state index in [4.69, 9.17) is 4.91 Å². The van der Waals surface area contributed by atoms with E-state index in [1.807, 2.05) is 0 Å². The number of hydroxylamine groups is 1. The van der Waals surface area contributed by atoms with Gasteiger partial charge in [-0.3, -0.25) is 0 Å². The summed E-state index contributed by atoms with van der Waals surface area (Å²) in [6.45, 7) is 1.80. The van der Waals surface area contributed by atoms with Gasteiger partial charge < -0.3 is 5.21 Å². The molecule has 6 heavy (non-hydrogen) atoms. The van der Waals surface area contributed by atoms with Crippen molar-refractivity contribution in [1.29, 1.82) is 0 Å². The second-order valence-electron chi connectivity index (χ2n) is 0.839. The van der Waals surface area contributed by atoms with Gasteiger partial charge in [-0.1, -0.05) is 4.91 Å². The Bertz CT molecular complexity index is 46.8. The first kappa shape index (κ1) is 5.52. The molecule has 0 saturated heterocycles. The zero-order chi connectivity index (χ0) is 4.99. The number of nitrogens with zero attached hydrogens (tertiary/aromatic N) is 1. The molecule has 36 valence electrons. The number of hydrogen-bond acceptors (Lipinski definition) is 3. The summed E-state index contributed by atoms with van der Waals surface area (Å²) >= 11 is 0. The molecule has 0 fully saturated rings. The van der Waals surface area contributed by atoms with E-state index in [9.17, 15) is 5.21 Å². The summed E-state index contributed by atoms with van der Waals surface area (Å²) in [5.41, 5.74) is 0. The van der Waals surface area contributed by atoms with Gasteiger partial charge in [-0.05, 0) is 6.92 Å². The molecular formula is C2H6N2O2. The average Bonchev–Trinajstić information content (AvgIpc) is 1.65. The van der Waals surface area contributed by atoms with Crippen molar-refractivity contribution in [3.8, 4) is 0 Å². The van der Waals surface area contributed by atoms with Crippen molar-refractivity contribution in [3.05, 3.63) is 10.1 Å². The van der Waals surface area contributed by atoms with E-state index >= 15 is 0 Å². The minimum absolute atomic E-state index is 0.212. The molecule has 1 atom stereocenters. The van der Waals surface area contributed by atoms with Crippen LogP contribution in [0.4, 0.5) is 0 Å². The fraction of sp³-hybridized carbons (Fsp3) is 1.00. The first-order valence-electron chi connectivity index (χ1n) is 1.67. The van der Waals surface area contributed by atoms with Crippen LogP contribution in [0.1, 0.15) is 6.92 Å². The van der Waals surface area contributed by atoms with Crippen molar-refractivity contribution in [2.75, 3.05) is 6.54 Å². The largest absolute Gasteiger partial charge is 0.604 e. The van der Waals surface area contributed by atoms with E-state index in [0.29, 0.717) is 0 Å². The Hall–Kier alpha value is -0.480. The summed E-state index contributed by atoms with van der Waals surface area (Å²) < 4.78 is 0. The van der Waals surface area contributed by atoms with Gasteiger partial charge in [-0.15, -0.1) is 0 Å². The van der Waals surface area contributed by atoms with Crippen molar-refractivity contribution in [2.24, 2.45) is 5.29 Å². The summed E-state index contributed by atoms with van der Waals surface area (Å²) in [5, 5.41) is 11.2. The molecule has 0 aliphatic carbocycles. The summed E-state index contributed by atoms with van der Waals surface area (Å²) in [6, 6.07) is 0. The fourth-order valence-electron chi connectivity index (χ4n) is 0.0645. The zero-order valence-electron chi connectivity index (χ0n) is 3.47. The maximum absolute atomic E-state index is 9.70. The van der Waals surface area contributed by atoms with Crippen molar-refractivity contribution in [3.63, 3.8) is 0 Å². The first-order valence-corrected chi connectivity index (χ1v) is 1.67. The second-order valence-corrected chi connectivity index (χ2v) is 0.839. The van der Waals surface area contributed by atoms with Crippen molar-refractivity contribution >= 4 is 0 Å². The first-order chi connectivity index (χ1) is 2.81. The summed E-state index contributed by atoms with van der Waals surface area (Å²) in [5.74, 6) is 0. The van der Waals surface area contributed by atoms with Crippen molar-refractivity contribution in [2.45, 2.75) is 6.92 Å². The minimum Gasteiger partial charge on any atom is -0.604 e. The van der Waals surface area contributed by atoms with Gasteiger partial charge in [0.2, 0.25) is 0 Å². The topological polar surface area (TPSA) is 56.9 Å². The third-order valence-corrected chi connectivity index (χ3v) is 0.404. The molecule has 0 aromatic heterocycles. The smallest absolute Gasteiger partial charge is 0.151 e. The van der Waals surface area contributed by atoms with Gasteiger partial charge in [-0.25, -0.2) is 5.17 Å². The van der Waals surface area contributed by atoms with Gasteiger partial charge in [0.15, 0.2) is 5.29 Å². The molecule has 0 aliphatic heterocycles. The van der Waals surface area contributed by atoms with E-state index < -0.39 is 5.17 Å². The van der Waals surface area contributed by atoms with E-state index in [1.165, 1.54) is 0 Å². The van der Waals surface area contributed by atoms with Crippen molar-refractivity contribution in [1.82, 2.24) is 0 Å². The fourth-order valence-corrected chi connectivity index (χ4v) is 0.0645. The van der Waals surface area contributed by atoms with Crippen LogP contribution in [0.3, 0.4) is 0 Å². The van der Waals surface area contributed by atoms with Gasteiger partial charge in [0, 0.05) is 0 Å². The summed E-state index contributed by atoms with van der Waals surface area (Å²) in [4.78, 5) is 9.14. The van der Waals surface area contributed by atoms with E-state index in [2.05, 4.69) is 5.29 Å². The van der Waals surface area contributed by atoms with Crippen LogP contribution in [-0.4, -0.2) is 6.54 Å². The van der Waals surface area contributed by atoms with E-state index in [1.54, 1.807) is 6.92 Å². The lowest BCUT2D eigenvalue weighted by Crippen LogP contribution is -3.01. The molecule has 0 bridgehead atoms. The molecule has 0 aromatic rings. The molecule has 0 heterocycles. The van der Waals surface area contributed by atoms with Crippen LogP contribution >= 0.6 is 0 Å². The number of nitroso groups, excluding NO2 is 1. The van der Waals surface area contributed by atoms with Gasteiger partial charge in [-0.2, -0.15) is 0 Å². The van der Waals surface area contributed by atoms with Gasteiger partial charge >= 0.3 is 0 Å². The molecule has 0 radical (unpaired) electrons. The number of hydrogen-bond donors (Lipinski definition) is 1. The lowest BCUT2D eigenvalue weighted by Gasteiger charge is -2.03. The van der Waals surface area contributed by atoms with Crippen LogP contribution in [0.15, 0.2) is 5.29 Å². The standard InChI is InChI=1S/C2H6N2O2/c1-2-4(6)3-5/h4H,2H2,1H3. The Labute approximate surface area is 35.3 Å². The van der Waals surface area contributed by atoms with Crippen LogP contribution in [0.5, 0.6) is 0 Å². The monoisotopic (exact) mass is 90.0 g/mol. The lowest BCUT2D eigenvalue weighted by molar-refractivity contribution is -0.854. The third kappa shape index (κ3) is 1.80.